The highest BCUT2D eigenvalue weighted by molar-refractivity contribution is 7.99. The number of rotatable bonds is 6. The van der Waals surface area contributed by atoms with Crippen molar-refractivity contribution >= 4 is 44.4 Å². The smallest absolute Gasteiger partial charge is 0.260 e. The summed E-state index contributed by atoms with van der Waals surface area (Å²) in [4.78, 5) is 25.4. The first kappa shape index (κ1) is 18.7. The summed E-state index contributed by atoms with van der Waals surface area (Å²) in [5, 5.41) is 0.686. The monoisotopic (exact) mass is 405 g/mol. The Labute approximate surface area is 172 Å². The van der Waals surface area contributed by atoms with Gasteiger partial charge in [-0.15, -0.1) is 11.8 Å². The SMILES string of the molecule is CCSc1cccc(C(=O)N(Cc2ccccn2)c2nc3ccccc3s2)c1. The number of carbonyl (C=O) groups is 1. The molecule has 6 heteroatoms. The molecule has 0 N–H and O–H groups in total. The predicted molar refractivity (Wildman–Crippen MR) is 117 cm³/mol. The number of carbonyl (C=O) groups excluding carboxylic acids is 1. The molecule has 4 nitrogen and oxygen atoms in total. The van der Waals surface area contributed by atoms with Crippen LogP contribution in [0.2, 0.25) is 0 Å². The molecule has 28 heavy (non-hydrogen) atoms. The Morgan fingerprint density at radius 2 is 1.93 bits per heavy atom. The number of benzene rings is 2. The van der Waals surface area contributed by atoms with Crippen LogP contribution in [0.3, 0.4) is 0 Å². The van der Waals surface area contributed by atoms with Gasteiger partial charge in [-0.1, -0.05) is 42.5 Å². The third-order valence-corrected chi connectivity index (χ3v) is 6.13. The number of hydrogen-bond donors (Lipinski definition) is 0. The molecule has 2 aromatic carbocycles. The number of hydrogen-bond acceptors (Lipinski definition) is 5. The minimum Gasteiger partial charge on any atom is -0.278 e. The normalized spacial score (nSPS) is 10.9. The van der Waals surface area contributed by atoms with E-state index in [1.807, 2.05) is 66.7 Å². The van der Waals surface area contributed by atoms with Gasteiger partial charge in [-0.2, -0.15) is 0 Å². The average molecular weight is 406 g/mol. The standard InChI is InChI=1S/C22H19N3OS2/c1-2-27-18-10-7-8-16(14-18)21(26)25(15-17-9-5-6-13-23-17)22-24-19-11-3-4-12-20(19)28-22/h3-14H,2,15H2,1H3. The molecule has 0 fully saturated rings. The maximum atomic E-state index is 13.4. The number of pyridine rings is 1. The van der Waals surface area contributed by atoms with Gasteiger partial charge in [0.2, 0.25) is 0 Å². The number of thioether (sulfide) groups is 1. The molecule has 4 rings (SSSR count). The first-order valence-corrected chi connectivity index (χ1v) is 10.8. The molecular weight excluding hydrogens is 386 g/mol. The van der Waals surface area contributed by atoms with Crippen molar-refractivity contribution in [1.29, 1.82) is 0 Å². The van der Waals surface area contributed by atoms with Crippen molar-refractivity contribution in [3.63, 3.8) is 0 Å². The zero-order valence-electron chi connectivity index (χ0n) is 15.4. The van der Waals surface area contributed by atoms with Crippen molar-refractivity contribution in [2.45, 2.75) is 18.4 Å². The van der Waals surface area contributed by atoms with Gasteiger partial charge in [0.25, 0.3) is 5.91 Å². The van der Waals surface area contributed by atoms with Gasteiger partial charge >= 0.3 is 0 Å². The molecule has 0 aliphatic heterocycles. The number of para-hydroxylation sites is 1. The summed E-state index contributed by atoms with van der Waals surface area (Å²) in [7, 11) is 0. The summed E-state index contributed by atoms with van der Waals surface area (Å²) in [6, 6.07) is 21.5. The Morgan fingerprint density at radius 3 is 2.71 bits per heavy atom. The lowest BCUT2D eigenvalue weighted by atomic mass is 10.2. The highest BCUT2D eigenvalue weighted by Gasteiger charge is 2.22. The number of thiazole rings is 1. The topological polar surface area (TPSA) is 46.1 Å². The van der Waals surface area contributed by atoms with E-state index in [2.05, 4.69) is 11.9 Å². The maximum absolute atomic E-state index is 13.4. The van der Waals surface area contributed by atoms with Gasteiger partial charge in [-0.25, -0.2) is 4.98 Å². The fourth-order valence-corrected chi connectivity index (χ4v) is 4.58. The van der Waals surface area contributed by atoms with Crippen LogP contribution in [0, 0.1) is 0 Å². The van der Waals surface area contributed by atoms with Gasteiger partial charge in [0.05, 0.1) is 22.5 Å². The van der Waals surface area contributed by atoms with Crippen LogP contribution in [0.15, 0.2) is 77.8 Å². The van der Waals surface area contributed by atoms with Crippen molar-refractivity contribution < 1.29 is 4.79 Å². The largest absolute Gasteiger partial charge is 0.278 e. The minimum absolute atomic E-state index is 0.0664. The molecule has 0 radical (unpaired) electrons. The highest BCUT2D eigenvalue weighted by atomic mass is 32.2. The minimum atomic E-state index is -0.0664. The van der Waals surface area contributed by atoms with Crippen LogP contribution in [0.5, 0.6) is 0 Å². The fraction of sp³-hybridized carbons (Fsp3) is 0.136. The van der Waals surface area contributed by atoms with Gasteiger partial charge < -0.3 is 0 Å². The number of anilines is 1. The van der Waals surface area contributed by atoms with Gasteiger partial charge in [-0.3, -0.25) is 14.7 Å². The highest BCUT2D eigenvalue weighted by Crippen LogP contribution is 2.31. The summed E-state index contributed by atoms with van der Waals surface area (Å²) >= 11 is 3.25. The van der Waals surface area contributed by atoms with E-state index in [9.17, 15) is 4.79 Å². The average Bonchev–Trinajstić information content (AvgIpc) is 3.17. The van der Waals surface area contributed by atoms with E-state index in [0.29, 0.717) is 17.2 Å². The lowest BCUT2D eigenvalue weighted by molar-refractivity contribution is 0.0984. The molecule has 0 bridgehead atoms. The number of fused-ring (bicyclic) bond motifs is 1. The van der Waals surface area contributed by atoms with E-state index >= 15 is 0 Å². The first-order valence-electron chi connectivity index (χ1n) is 9.05. The third-order valence-electron chi connectivity index (χ3n) is 4.20. The molecule has 0 atom stereocenters. The van der Waals surface area contributed by atoms with Crippen LogP contribution in [0.1, 0.15) is 23.0 Å². The van der Waals surface area contributed by atoms with Gasteiger partial charge in [0.15, 0.2) is 5.13 Å². The van der Waals surface area contributed by atoms with E-state index in [0.717, 1.165) is 26.6 Å². The summed E-state index contributed by atoms with van der Waals surface area (Å²) < 4.78 is 1.06. The summed E-state index contributed by atoms with van der Waals surface area (Å²) in [6.07, 6.45) is 1.74. The summed E-state index contributed by atoms with van der Waals surface area (Å²) in [5.74, 6) is 0.899. The molecule has 0 unspecified atom stereocenters. The van der Waals surface area contributed by atoms with Crippen molar-refractivity contribution in [3.8, 4) is 0 Å². The maximum Gasteiger partial charge on any atom is 0.260 e. The number of nitrogens with zero attached hydrogens (tertiary/aromatic N) is 3. The van der Waals surface area contributed by atoms with E-state index in [1.54, 1.807) is 22.9 Å². The van der Waals surface area contributed by atoms with Gasteiger partial charge in [-0.05, 0) is 48.2 Å². The molecule has 140 valence electrons. The third kappa shape index (κ3) is 4.08. The molecule has 0 spiro atoms. The van der Waals surface area contributed by atoms with Crippen LogP contribution >= 0.6 is 23.1 Å². The van der Waals surface area contributed by atoms with Crippen molar-refractivity contribution in [2.24, 2.45) is 0 Å². The molecule has 0 aliphatic carbocycles. The van der Waals surface area contributed by atoms with Crippen molar-refractivity contribution in [2.75, 3.05) is 10.7 Å². The van der Waals surface area contributed by atoms with Crippen LogP contribution in [0.25, 0.3) is 10.2 Å². The molecule has 1 amide bonds. The van der Waals surface area contributed by atoms with E-state index < -0.39 is 0 Å². The van der Waals surface area contributed by atoms with E-state index in [1.165, 1.54) is 11.3 Å². The molecule has 0 aliphatic rings. The molecule has 0 saturated heterocycles. The second-order valence-electron chi connectivity index (χ2n) is 6.14. The second-order valence-corrected chi connectivity index (χ2v) is 8.48. The van der Waals surface area contributed by atoms with Gasteiger partial charge in [0, 0.05) is 16.7 Å². The van der Waals surface area contributed by atoms with Crippen molar-refractivity contribution in [1.82, 2.24) is 9.97 Å². The Balaban J connectivity index is 1.73. The molecule has 2 aromatic heterocycles. The molecule has 0 saturated carbocycles. The molecule has 4 aromatic rings. The Hall–Kier alpha value is -2.70. The molecular formula is C22H19N3OS2. The number of aromatic nitrogens is 2. The quantitative estimate of drug-likeness (QED) is 0.389. The van der Waals surface area contributed by atoms with E-state index in [-0.39, 0.29) is 5.91 Å². The Kier molecular flexibility index (Phi) is 5.69. The Morgan fingerprint density at radius 1 is 1.07 bits per heavy atom. The van der Waals surface area contributed by atoms with Crippen LogP contribution in [-0.4, -0.2) is 21.6 Å². The zero-order valence-corrected chi connectivity index (χ0v) is 17.0. The zero-order chi connectivity index (χ0) is 19.3. The fourth-order valence-electron chi connectivity index (χ4n) is 2.90. The van der Waals surface area contributed by atoms with E-state index in [4.69, 9.17) is 4.98 Å². The predicted octanol–water partition coefficient (Wildman–Crippen LogP) is 5.65. The first-order chi connectivity index (χ1) is 13.7. The second kappa shape index (κ2) is 8.54. The lowest BCUT2D eigenvalue weighted by Gasteiger charge is -2.20. The Bertz CT molecular complexity index is 1060. The van der Waals surface area contributed by atoms with Crippen LogP contribution in [0.4, 0.5) is 5.13 Å². The molecule has 2 heterocycles. The lowest BCUT2D eigenvalue weighted by Crippen LogP contribution is -2.30. The van der Waals surface area contributed by atoms with Crippen molar-refractivity contribution in [3.05, 3.63) is 84.2 Å². The summed E-state index contributed by atoms with van der Waals surface area (Å²) in [5.41, 5.74) is 2.39. The number of amides is 1. The van der Waals surface area contributed by atoms with Crippen LogP contribution in [-0.2, 0) is 6.54 Å². The van der Waals surface area contributed by atoms with Gasteiger partial charge in [0.1, 0.15) is 0 Å². The van der Waals surface area contributed by atoms with Crippen LogP contribution < -0.4 is 4.90 Å². The summed E-state index contributed by atoms with van der Waals surface area (Å²) in [6.45, 7) is 2.48.